The first-order valence-electron chi connectivity index (χ1n) is 11.6. The van der Waals surface area contributed by atoms with E-state index in [9.17, 15) is 9.59 Å². The molecule has 4 atom stereocenters. The number of nitrogens with one attached hydrogen (secondary N) is 1. The third kappa shape index (κ3) is 3.61. The zero-order chi connectivity index (χ0) is 20.7. The zero-order valence-corrected chi connectivity index (χ0v) is 17.8. The van der Waals surface area contributed by atoms with Crippen molar-refractivity contribution in [3.05, 3.63) is 34.6 Å². The lowest BCUT2D eigenvalue weighted by Crippen LogP contribution is -2.40. The summed E-state index contributed by atoms with van der Waals surface area (Å²) in [5.41, 5.74) is 1.54. The van der Waals surface area contributed by atoms with Gasteiger partial charge in [-0.05, 0) is 68.9 Å². The van der Waals surface area contributed by atoms with Gasteiger partial charge in [0.1, 0.15) is 0 Å². The number of hydrogen-bond acceptors (Lipinski definition) is 4. The fourth-order valence-corrected chi connectivity index (χ4v) is 6.09. The third-order valence-corrected chi connectivity index (χ3v) is 7.63. The molecule has 2 bridgehead atoms. The van der Waals surface area contributed by atoms with E-state index in [4.69, 9.17) is 0 Å². The smallest absolute Gasteiger partial charge is 0.294 e. The lowest BCUT2D eigenvalue weighted by atomic mass is 9.84. The van der Waals surface area contributed by atoms with Crippen molar-refractivity contribution in [1.29, 1.82) is 0 Å². The number of aromatic nitrogens is 2. The van der Waals surface area contributed by atoms with Crippen LogP contribution >= 0.6 is 0 Å². The number of para-hydroxylation sites is 2. The molecule has 160 valence electrons. The molecule has 2 aromatic rings. The lowest BCUT2D eigenvalue weighted by molar-refractivity contribution is -0.122. The Hall–Kier alpha value is -2.37. The molecule has 3 fully saturated rings. The molecule has 5 rings (SSSR count). The van der Waals surface area contributed by atoms with Crippen LogP contribution in [-0.4, -0.2) is 34.6 Å². The van der Waals surface area contributed by atoms with Gasteiger partial charge in [0.15, 0.2) is 5.82 Å². The summed E-state index contributed by atoms with van der Waals surface area (Å²) in [5, 5.41) is 3.23. The molecular formula is C24H32N4O2. The molecular weight excluding hydrogens is 376 g/mol. The Labute approximate surface area is 177 Å². The van der Waals surface area contributed by atoms with Crippen molar-refractivity contribution in [2.45, 2.75) is 64.5 Å². The normalized spacial score (nSPS) is 26.4. The lowest BCUT2D eigenvalue weighted by Gasteiger charge is -2.28. The van der Waals surface area contributed by atoms with Gasteiger partial charge in [-0.3, -0.25) is 9.59 Å². The van der Waals surface area contributed by atoms with Crippen LogP contribution in [0.25, 0.3) is 11.0 Å². The maximum atomic E-state index is 13.2. The largest absolute Gasteiger partial charge is 0.353 e. The number of aryl methyl sites for hydroxylation is 1. The Balaban J connectivity index is 1.31. The average molecular weight is 409 g/mol. The van der Waals surface area contributed by atoms with Crippen LogP contribution in [0.1, 0.15) is 51.9 Å². The highest BCUT2D eigenvalue weighted by Gasteiger charge is 2.42. The van der Waals surface area contributed by atoms with Crippen molar-refractivity contribution in [2.75, 3.05) is 18.0 Å². The average Bonchev–Trinajstić information content (AvgIpc) is 3.51. The van der Waals surface area contributed by atoms with Crippen LogP contribution in [0.4, 0.5) is 5.82 Å². The molecule has 30 heavy (non-hydrogen) atoms. The van der Waals surface area contributed by atoms with Gasteiger partial charge in [-0.1, -0.05) is 18.6 Å². The van der Waals surface area contributed by atoms with Crippen LogP contribution in [0.15, 0.2) is 29.1 Å². The Morgan fingerprint density at radius 2 is 2.00 bits per heavy atom. The summed E-state index contributed by atoms with van der Waals surface area (Å²) in [6, 6.07) is 7.96. The zero-order valence-electron chi connectivity index (χ0n) is 17.8. The molecule has 1 amide bonds. The molecule has 4 unspecified atom stereocenters. The second-order valence-corrected chi connectivity index (χ2v) is 9.52. The summed E-state index contributed by atoms with van der Waals surface area (Å²) in [6.45, 7) is 4.30. The standard InChI is InChI=1S/C24H32N4O2/c1-16(19-15-17-8-9-18(19)14-17)25-22(29)10-13-28-21-7-3-2-6-20(21)26-23(24(28)30)27-11-4-5-12-27/h2-3,6-7,16-19H,4-5,8-15H2,1H3,(H,25,29). The number of carbonyl (C=O) groups is 1. The first-order chi connectivity index (χ1) is 14.6. The predicted molar refractivity (Wildman–Crippen MR) is 119 cm³/mol. The summed E-state index contributed by atoms with van der Waals surface area (Å²) in [7, 11) is 0. The number of anilines is 1. The number of hydrogen-bond donors (Lipinski definition) is 1. The first kappa shape index (κ1) is 19.6. The van der Waals surface area contributed by atoms with Gasteiger partial charge in [0.2, 0.25) is 5.91 Å². The summed E-state index contributed by atoms with van der Waals surface area (Å²) in [5.74, 6) is 2.87. The van der Waals surface area contributed by atoms with Gasteiger partial charge in [-0.15, -0.1) is 0 Å². The molecule has 1 saturated heterocycles. The van der Waals surface area contributed by atoms with Crippen LogP contribution in [0.3, 0.4) is 0 Å². The van der Waals surface area contributed by atoms with E-state index in [2.05, 4.69) is 22.1 Å². The molecule has 0 radical (unpaired) electrons. The first-order valence-corrected chi connectivity index (χ1v) is 11.6. The van der Waals surface area contributed by atoms with Gasteiger partial charge in [0, 0.05) is 32.1 Å². The number of fused-ring (bicyclic) bond motifs is 3. The van der Waals surface area contributed by atoms with E-state index in [-0.39, 0.29) is 17.5 Å². The van der Waals surface area contributed by atoms with E-state index >= 15 is 0 Å². The van der Waals surface area contributed by atoms with E-state index in [1.54, 1.807) is 4.57 Å². The summed E-state index contributed by atoms with van der Waals surface area (Å²) in [4.78, 5) is 32.7. The van der Waals surface area contributed by atoms with Gasteiger partial charge in [0.25, 0.3) is 5.56 Å². The fourth-order valence-electron chi connectivity index (χ4n) is 6.09. The topological polar surface area (TPSA) is 67.2 Å². The minimum absolute atomic E-state index is 0.0424. The van der Waals surface area contributed by atoms with E-state index < -0.39 is 0 Å². The molecule has 2 saturated carbocycles. The highest BCUT2D eigenvalue weighted by atomic mass is 16.2. The van der Waals surface area contributed by atoms with Crippen LogP contribution < -0.4 is 15.8 Å². The number of benzene rings is 1. The second kappa shape index (κ2) is 8.05. The molecule has 2 heterocycles. The maximum absolute atomic E-state index is 13.2. The molecule has 1 aliphatic heterocycles. The molecule has 6 nitrogen and oxygen atoms in total. The fraction of sp³-hybridized carbons (Fsp3) is 0.625. The maximum Gasteiger partial charge on any atom is 0.294 e. The van der Waals surface area contributed by atoms with Crippen LogP contribution in [0.5, 0.6) is 0 Å². The Bertz CT molecular complexity index is 994. The highest BCUT2D eigenvalue weighted by molar-refractivity contribution is 5.78. The molecule has 3 aliphatic rings. The predicted octanol–water partition coefficient (Wildman–Crippen LogP) is 3.33. The van der Waals surface area contributed by atoms with E-state index in [1.807, 2.05) is 24.3 Å². The van der Waals surface area contributed by atoms with Crippen molar-refractivity contribution in [3.8, 4) is 0 Å². The van der Waals surface area contributed by atoms with Gasteiger partial charge in [-0.25, -0.2) is 4.98 Å². The van der Waals surface area contributed by atoms with Crippen molar-refractivity contribution >= 4 is 22.8 Å². The van der Waals surface area contributed by atoms with Gasteiger partial charge < -0.3 is 14.8 Å². The number of carbonyl (C=O) groups excluding carboxylic acids is 1. The molecule has 6 heteroatoms. The van der Waals surface area contributed by atoms with Crippen LogP contribution in [-0.2, 0) is 11.3 Å². The monoisotopic (exact) mass is 408 g/mol. The molecule has 0 spiro atoms. The minimum Gasteiger partial charge on any atom is -0.353 e. The summed E-state index contributed by atoms with van der Waals surface area (Å²) in [6.07, 6.45) is 7.82. The summed E-state index contributed by atoms with van der Waals surface area (Å²) >= 11 is 0. The minimum atomic E-state index is -0.0791. The SMILES string of the molecule is CC(NC(=O)CCn1c(=O)c(N2CCCC2)nc2ccccc21)C1CC2CCC1C2. The third-order valence-electron chi connectivity index (χ3n) is 7.63. The van der Waals surface area contributed by atoms with E-state index in [1.165, 1.54) is 25.7 Å². The number of rotatable bonds is 6. The van der Waals surface area contributed by atoms with Gasteiger partial charge in [-0.2, -0.15) is 0 Å². The van der Waals surface area contributed by atoms with Crippen LogP contribution in [0.2, 0.25) is 0 Å². The summed E-state index contributed by atoms with van der Waals surface area (Å²) < 4.78 is 1.75. The Morgan fingerprint density at radius 3 is 2.73 bits per heavy atom. The van der Waals surface area contributed by atoms with Crippen molar-refractivity contribution in [2.24, 2.45) is 17.8 Å². The van der Waals surface area contributed by atoms with E-state index in [0.717, 1.165) is 48.8 Å². The van der Waals surface area contributed by atoms with Crippen molar-refractivity contribution < 1.29 is 4.79 Å². The molecule has 1 N–H and O–H groups in total. The highest BCUT2D eigenvalue weighted by Crippen LogP contribution is 2.49. The second-order valence-electron chi connectivity index (χ2n) is 9.52. The molecule has 1 aromatic heterocycles. The Morgan fingerprint density at radius 1 is 1.20 bits per heavy atom. The quantitative estimate of drug-likeness (QED) is 0.796. The Kier molecular flexibility index (Phi) is 5.25. The van der Waals surface area contributed by atoms with E-state index in [0.29, 0.717) is 24.7 Å². The van der Waals surface area contributed by atoms with Gasteiger partial charge >= 0.3 is 0 Å². The van der Waals surface area contributed by atoms with Crippen LogP contribution in [0, 0.1) is 17.8 Å². The number of amides is 1. The van der Waals surface area contributed by atoms with Gasteiger partial charge in [0.05, 0.1) is 11.0 Å². The van der Waals surface area contributed by atoms with Crippen molar-refractivity contribution in [1.82, 2.24) is 14.9 Å². The molecule has 2 aliphatic carbocycles. The molecule has 1 aromatic carbocycles. The number of nitrogens with zero attached hydrogens (tertiary/aromatic N) is 3. The van der Waals surface area contributed by atoms with Crippen molar-refractivity contribution in [3.63, 3.8) is 0 Å².